The molecule has 6 heteroatoms. The summed E-state index contributed by atoms with van der Waals surface area (Å²) >= 11 is 3.16. The molecule has 106 valence electrons. The van der Waals surface area contributed by atoms with Crippen molar-refractivity contribution in [1.82, 2.24) is 14.4 Å². The number of rotatable bonds is 1. The van der Waals surface area contributed by atoms with E-state index in [0.29, 0.717) is 5.82 Å². The number of hydrogen-bond donors (Lipinski definition) is 1. The summed E-state index contributed by atoms with van der Waals surface area (Å²) in [5, 5.41) is 1.97. The van der Waals surface area contributed by atoms with Crippen molar-refractivity contribution in [2.75, 3.05) is 5.73 Å². The van der Waals surface area contributed by atoms with Crippen LogP contribution in [-0.2, 0) is 0 Å². The van der Waals surface area contributed by atoms with Crippen LogP contribution < -0.4 is 5.73 Å². The largest absolute Gasteiger partial charge is 0.383 e. The van der Waals surface area contributed by atoms with Gasteiger partial charge < -0.3 is 5.73 Å². The fourth-order valence-corrected chi connectivity index (χ4v) is 3.66. The second kappa shape index (κ2) is 5.30. The minimum Gasteiger partial charge on any atom is -0.383 e. The number of pyridine rings is 1. The van der Waals surface area contributed by atoms with E-state index >= 15 is 0 Å². The van der Waals surface area contributed by atoms with Crippen LogP contribution in [0.25, 0.3) is 15.5 Å². The van der Waals surface area contributed by atoms with Gasteiger partial charge in [-0.15, -0.1) is 22.7 Å². The summed E-state index contributed by atoms with van der Waals surface area (Å²) in [6.07, 6.45) is 3.67. The van der Waals surface area contributed by atoms with Crippen molar-refractivity contribution in [1.29, 1.82) is 0 Å². The number of thiazole rings is 1. The molecule has 4 aromatic rings. The monoisotopic (exact) mass is 322 g/mol. The Balaban J connectivity index is 1.68. The molecule has 4 rings (SSSR count). The van der Waals surface area contributed by atoms with Gasteiger partial charge in [-0.25, -0.2) is 9.97 Å². The Kier molecular flexibility index (Phi) is 3.15. The highest BCUT2D eigenvalue weighted by molar-refractivity contribution is 7.16. The molecule has 0 aliphatic carbocycles. The molecule has 0 saturated carbocycles. The average molecular weight is 322 g/mol. The van der Waals surface area contributed by atoms with Crippen molar-refractivity contribution in [3.8, 4) is 22.4 Å². The van der Waals surface area contributed by atoms with E-state index < -0.39 is 0 Å². The van der Waals surface area contributed by atoms with Gasteiger partial charge in [0.15, 0.2) is 4.96 Å². The van der Waals surface area contributed by atoms with E-state index in [1.165, 1.54) is 0 Å². The number of imidazole rings is 1. The van der Waals surface area contributed by atoms with Gasteiger partial charge in [0.1, 0.15) is 17.2 Å². The Hall–Kier alpha value is -2.62. The maximum absolute atomic E-state index is 6.16. The third-order valence-corrected chi connectivity index (χ3v) is 4.88. The summed E-state index contributed by atoms with van der Waals surface area (Å²) < 4.78 is 1.90. The van der Waals surface area contributed by atoms with Gasteiger partial charge in [-0.1, -0.05) is 6.07 Å². The Bertz CT molecular complexity index is 999. The van der Waals surface area contributed by atoms with E-state index in [4.69, 9.17) is 5.73 Å². The van der Waals surface area contributed by atoms with Crippen molar-refractivity contribution >= 4 is 33.5 Å². The number of thiophene rings is 1. The van der Waals surface area contributed by atoms with Crippen molar-refractivity contribution < 1.29 is 0 Å². The molecule has 0 unspecified atom stereocenters. The summed E-state index contributed by atoms with van der Waals surface area (Å²) in [7, 11) is 0. The van der Waals surface area contributed by atoms with E-state index in [1.54, 1.807) is 28.9 Å². The first-order valence-corrected chi connectivity index (χ1v) is 8.25. The van der Waals surface area contributed by atoms with Crippen molar-refractivity contribution in [3.05, 3.63) is 58.7 Å². The van der Waals surface area contributed by atoms with Gasteiger partial charge in [0.05, 0.1) is 9.75 Å². The Morgan fingerprint density at radius 1 is 1.14 bits per heavy atom. The third kappa shape index (κ3) is 2.26. The Morgan fingerprint density at radius 2 is 2.09 bits per heavy atom. The number of anilines is 1. The minimum atomic E-state index is 0.669. The molecule has 0 aliphatic heterocycles. The predicted molar refractivity (Wildman–Crippen MR) is 91.0 cm³/mol. The highest BCUT2D eigenvalue weighted by Crippen LogP contribution is 2.33. The number of nitrogen functional groups attached to an aromatic ring is 1. The fraction of sp³-hybridized carbons (Fsp3) is 0. The molecule has 4 aromatic heterocycles. The van der Waals surface area contributed by atoms with Crippen molar-refractivity contribution in [2.24, 2.45) is 0 Å². The van der Waals surface area contributed by atoms with Crippen molar-refractivity contribution in [2.45, 2.75) is 0 Å². The summed E-state index contributed by atoms with van der Waals surface area (Å²) in [5.74, 6) is 6.86. The zero-order valence-electron chi connectivity index (χ0n) is 11.4. The van der Waals surface area contributed by atoms with E-state index in [2.05, 4.69) is 21.8 Å². The van der Waals surface area contributed by atoms with Crippen LogP contribution in [0.15, 0.2) is 48.1 Å². The summed E-state index contributed by atoms with van der Waals surface area (Å²) in [6.45, 7) is 0. The van der Waals surface area contributed by atoms with E-state index in [9.17, 15) is 0 Å². The molecule has 0 spiro atoms. The lowest BCUT2D eigenvalue weighted by atomic mass is 10.3. The molecule has 0 aromatic carbocycles. The van der Waals surface area contributed by atoms with Gasteiger partial charge in [-0.2, -0.15) is 0 Å². The SMILES string of the molecule is Nc1c(-c2ccc(C#Cc3ccccn3)s2)nc2sccn12. The maximum atomic E-state index is 6.16. The smallest absolute Gasteiger partial charge is 0.195 e. The van der Waals surface area contributed by atoms with Gasteiger partial charge in [-0.3, -0.25) is 4.40 Å². The van der Waals surface area contributed by atoms with Crippen LogP contribution in [0.1, 0.15) is 10.6 Å². The average Bonchev–Trinajstić information content (AvgIpc) is 3.24. The molecule has 0 fully saturated rings. The molecule has 0 atom stereocenters. The molecule has 22 heavy (non-hydrogen) atoms. The van der Waals surface area contributed by atoms with E-state index in [1.807, 2.05) is 46.3 Å². The second-order valence-corrected chi connectivity index (χ2v) is 6.49. The van der Waals surface area contributed by atoms with Crippen LogP contribution in [0, 0.1) is 11.8 Å². The molecular weight excluding hydrogens is 312 g/mol. The molecule has 0 amide bonds. The summed E-state index contributed by atoms with van der Waals surface area (Å²) in [5.41, 5.74) is 7.74. The van der Waals surface area contributed by atoms with Gasteiger partial charge in [0.25, 0.3) is 0 Å². The lowest BCUT2D eigenvalue weighted by molar-refractivity contribution is 1.24. The Morgan fingerprint density at radius 3 is 2.91 bits per heavy atom. The van der Waals surface area contributed by atoms with Crippen LogP contribution in [0.4, 0.5) is 5.82 Å². The Labute approximate surface area is 134 Å². The maximum Gasteiger partial charge on any atom is 0.195 e. The molecule has 0 aliphatic rings. The van der Waals surface area contributed by atoms with E-state index in [-0.39, 0.29) is 0 Å². The standard InChI is InChI=1S/C16H10N4S2/c17-15-14(19-16-20(15)9-10-21-16)13-7-6-12(22-13)5-4-11-3-1-2-8-18-11/h1-3,6-10H,17H2. The summed E-state index contributed by atoms with van der Waals surface area (Å²) in [6, 6.07) is 9.69. The molecule has 0 bridgehead atoms. The number of nitrogens with zero attached hydrogens (tertiary/aromatic N) is 3. The quantitative estimate of drug-likeness (QED) is 0.546. The number of aromatic nitrogens is 3. The van der Waals surface area contributed by atoms with Crippen LogP contribution in [0.3, 0.4) is 0 Å². The number of nitrogens with two attached hydrogens (primary N) is 1. The predicted octanol–water partition coefficient (Wildman–Crippen LogP) is 3.50. The van der Waals surface area contributed by atoms with Crippen LogP contribution in [-0.4, -0.2) is 14.4 Å². The van der Waals surface area contributed by atoms with Crippen LogP contribution in [0.2, 0.25) is 0 Å². The van der Waals surface area contributed by atoms with Gasteiger partial charge >= 0.3 is 0 Å². The zero-order valence-corrected chi connectivity index (χ0v) is 13.0. The third-order valence-electron chi connectivity index (χ3n) is 3.12. The first kappa shape index (κ1) is 13.1. The molecule has 2 N–H and O–H groups in total. The van der Waals surface area contributed by atoms with Gasteiger partial charge in [0.2, 0.25) is 0 Å². The van der Waals surface area contributed by atoms with Crippen molar-refractivity contribution in [3.63, 3.8) is 0 Å². The highest BCUT2D eigenvalue weighted by atomic mass is 32.1. The first-order chi connectivity index (χ1) is 10.8. The lowest BCUT2D eigenvalue weighted by Gasteiger charge is -1.93. The highest BCUT2D eigenvalue weighted by Gasteiger charge is 2.13. The second-order valence-electron chi connectivity index (χ2n) is 4.53. The molecule has 0 radical (unpaired) electrons. The first-order valence-electron chi connectivity index (χ1n) is 6.55. The molecule has 0 saturated heterocycles. The normalized spacial score (nSPS) is 10.5. The van der Waals surface area contributed by atoms with Gasteiger partial charge in [-0.05, 0) is 36.1 Å². The summed E-state index contributed by atoms with van der Waals surface area (Å²) in [4.78, 5) is 11.7. The molecule has 4 nitrogen and oxygen atoms in total. The van der Waals surface area contributed by atoms with Gasteiger partial charge in [0, 0.05) is 17.8 Å². The molecular formula is C16H10N4S2. The van der Waals surface area contributed by atoms with Crippen LogP contribution in [0.5, 0.6) is 0 Å². The lowest BCUT2D eigenvalue weighted by Crippen LogP contribution is -1.90. The zero-order chi connectivity index (χ0) is 14.9. The molecule has 4 heterocycles. The topological polar surface area (TPSA) is 56.2 Å². The minimum absolute atomic E-state index is 0.669. The number of hydrogen-bond acceptors (Lipinski definition) is 5. The number of fused-ring (bicyclic) bond motifs is 1. The fourth-order valence-electron chi connectivity index (χ4n) is 2.08. The van der Waals surface area contributed by atoms with Crippen LogP contribution >= 0.6 is 22.7 Å². The van der Waals surface area contributed by atoms with E-state index in [0.717, 1.165) is 26.1 Å².